The molecule has 0 aliphatic rings. The van der Waals surface area contributed by atoms with Crippen LogP contribution in [0.15, 0.2) is 28.7 Å². The Bertz CT molecular complexity index is 876. The van der Waals surface area contributed by atoms with Crippen molar-refractivity contribution < 1.29 is 23.1 Å². The molecule has 0 aliphatic carbocycles. The zero-order valence-electron chi connectivity index (χ0n) is 13.5. The summed E-state index contributed by atoms with van der Waals surface area (Å²) in [5.74, 6) is 0.302. The van der Waals surface area contributed by atoms with Gasteiger partial charge in [-0.1, -0.05) is 0 Å². The second kappa shape index (κ2) is 7.39. The average molecular weight is 363 g/mol. The van der Waals surface area contributed by atoms with Gasteiger partial charge < -0.3 is 13.9 Å². The molecule has 3 aromatic rings. The second-order valence-electron chi connectivity index (χ2n) is 5.06. The zero-order chi connectivity index (χ0) is 17.8. The van der Waals surface area contributed by atoms with Crippen LogP contribution in [0.2, 0.25) is 0 Å². The largest absolute Gasteiger partial charge is 0.486 e. The van der Waals surface area contributed by atoms with Gasteiger partial charge in [0.25, 0.3) is 5.89 Å². The maximum absolute atomic E-state index is 12.9. The lowest BCUT2D eigenvalue weighted by Crippen LogP contribution is -2.05. The van der Waals surface area contributed by atoms with E-state index in [9.17, 15) is 9.18 Å². The van der Waals surface area contributed by atoms with Crippen LogP contribution in [0.3, 0.4) is 0 Å². The van der Waals surface area contributed by atoms with Crippen LogP contribution < -0.4 is 4.74 Å². The number of halogens is 1. The van der Waals surface area contributed by atoms with Gasteiger partial charge in [0.2, 0.25) is 5.89 Å². The van der Waals surface area contributed by atoms with Crippen molar-refractivity contribution in [3.8, 4) is 5.75 Å². The van der Waals surface area contributed by atoms with E-state index in [4.69, 9.17) is 13.9 Å². The quantitative estimate of drug-likeness (QED) is 0.621. The molecule has 0 saturated heterocycles. The van der Waals surface area contributed by atoms with Crippen molar-refractivity contribution in [3.05, 3.63) is 57.4 Å². The number of benzene rings is 1. The van der Waals surface area contributed by atoms with Crippen LogP contribution in [-0.2, 0) is 18.0 Å². The van der Waals surface area contributed by atoms with Crippen molar-refractivity contribution in [3.63, 3.8) is 0 Å². The van der Waals surface area contributed by atoms with Crippen LogP contribution in [-0.4, -0.2) is 21.2 Å². The minimum Gasteiger partial charge on any atom is -0.486 e. The number of esters is 1. The molecule has 0 amide bonds. The molecule has 2 heterocycles. The van der Waals surface area contributed by atoms with Gasteiger partial charge in [0.15, 0.2) is 6.61 Å². The molecule has 0 aliphatic heterocycles. The normalized spacial score (nSPS) is 10.7. The smallest absolute Gasteiger partial charge is 0.350 e. The third-order valence-electron chi connectivity index (χ3n) is 3.10. The lowest BCUT2D eigenvalue weighted by atomic mass is 10.3. The van der Waals surface area contributed by atoms with Gasteiger partial charge in [0.1, 0.15) is 28.1 Å². The minimum absolute atomic E-state index is 0.0988. The summed E-state index contributed by atoms with van der Waals surface area (Å²) in [5, 5.41) is 8.03. The van der Waals surface area contributed by atoms with Crippen LogP contribution in [0.4, 0.5) is 4.39 Å². The minimum atomic E-state index is -0.515. The van der Waals surface area contributed by atoms with Crippen molar-refractivity contribution in [2.24, 2.45) is 0 Å². The molecule has 0 atom stereocenters. The van der Waals surface area contributed by atoms with Crippen LogP contribution in [0, 0.1) is 19.7 Å². The number of thiazole rings is 1. The number of hydrogen-bond acceptors (Lipinski definition) is 8. The summed E-state index contributed by atoms with van der Waals surface area (Å²) < 4.78 is 28.7. The third kappa shape index (κ3) is 4.38. The van der Waals surface area contributed by atoms with Crippen LogP contribution in [0.1, 0.15) is 32.2 Å². The highest BCUT2D eigenvalue weighted by atomic mass is 32.1. The topological polar surface area (TPSA) is 87.3 Å². The molecule has 25 heavy (non-hydrogen) atoms. The van der Waals surface area contributed by atoms with Crippen LogP contribution in [0.5, 0.6) is 5.75 Å². The number of nitrogens with zero attached hydrogens (tertiary/aromatic N) is 3. The highest BCUT2D eigenvalue weighted by Crippen LogP contribution is 2.21. The van der Waals surface area contributed by atoms with E-state index in [2.05, 4.69) is 15.2 Å². The Morgan fingerprint density at radius 1 is 1.20 bits per heavy atom. The standard InChI is InChI=1S/C16H14FN3O4S/c1-9-15(16(21)23-7-13-20-19-10(2)24-13)25-14(18-9)8-22-12-5-3-11(17)4-6-12/h3-6H,7-8H2,1-2H3. The first-order valence-electron chi connectivity index (χ1n) is 7.32. The maximum Gasteiger partial charge on any atom is 0.350 e. The Morgan fingerprint density at radius 2 is 1.96 bits per heavy atom. The van der Waals surface area contributed by atoms with Crippen molar-refractivity contribution in [2.45, 2.75) is 27.1 Å². The first kappa shape index (κ1) is 17.0. The average Bonchev–Trinajstić information content (AvgIpc) is 3.18. The fourth-order valence-corrected chi connectivity index (χ4v) is 2.84. The molecule has 1 aromatic carbocycles. The van der Waals surface area contributed by atoms with Gasteiger partial charge in [0, 0.05) is 6.92 Å². The van der Waals surface area contributed by atoms with E-state index in [1.807, 2.05) is 0 Å². The van der Waals surface area contributed by atoms with Gasteiger partial charge in [-0.15, -0.1) is 21.5 Å². The monoisotopic (exact) mass is 363 g/mol. The predicted octanol–water partition coefficient (Wildman–Crippen LogP) is 3.22. The van der Waals surface area contributed by atoms with Crippen molar-refractivity contribution in [1.82, 2.24) is 15.2 Å². The second-order valence-corrected chi connectivity index (χ2v) is 6.14. The molecule has 0 unspecified atom stereocenters. The molecule has 0 bridgehead atoms. The summed E-state index contributed by atoms with van der Waals surface area (Å²) in [4.78, 5) is 16.8. The number of carbonyl (C=O) groups is 1. The van der Waals surface area contributed by atoms with Gasteiger partial charge in [0.05, 0.1) is 5.69 Å². The molecule has 0 fully saturated rings. The fourth-order valence-electron chi connectivity index (χ4n) is 1.97. The molecule has 2 aromatic heterocycles. The summed E-state index contributed by atoms with van der Waals surface area (Å²) in [6, 6.07) is 5.67. The predicted molar refractivity (Wildman–Crippen MR) is 85.7 cm³/mol. The SMILES string of the molecule is Cc1nnc(COC(=O)c2sc(COc3ccc(F)cc3)nc2C)o1. The van der Waals surface area contributed by atoms with Gasteiger partial charge in [-0.3, -0.25) is 0 Å². The molecule has 0 spiro atoms. The van der Waals surface area contributed by atoms with Gasteiger partial charge in [-0.25, -0.2) is 14.2 Å². The summed E-state index contributed by atoms with van der Waals surface area (Å²) in [6.07, 6.45) is 0. The molecular weight excluding hydrogens is 349 g/mol. The third-order valence-corrected chi connectivity index (χ3v) is 4.21. The summed E-state index contributed by atoms with van der Waals surface area (Å²) in [7, 11) is 0. The molecule has 7 nitrogen and oxygen atoms in total. The van der Waals surface area contributed by atoms with Crippen molar-refractivity contribution in [2.75, 3.05) is 0 Å². The van der Waals surface area contributed by atoms with E-state index in [0.29, 0.717) is 27.2 Å². The summed E-state index contributed by atoms with van der Waals surface area (Å²) in [5.41, 5.74) is 0.550. The number of hydrogen-bond donors (Lipinski definition) is 0. The van der Waals surface area contributed by atoms with Crippen LogP contribution in [0.25, 0.3) is 0 Å². The van der Waals surface area contributed by atoms with E-state index in [-0.39, 0.29) is 24.9 Å². The Morgan fingerprint density at radius 3 is 2.64 bits per heavy atom. The molecule has 3 rings (SSSR count). The zero-order valence-corrected chi connectivity index (χ0v) is 14.3. The number of rotatable bonds is 6. The maximum atomic E-state index is 12.9. The summed E-state index contributed by atoms with van der Waals surface area (Å²) in [6.45, 7) is 3.44. The molecule has 9 heteroatoms. The number of aromatic nitrogens is 3. The van der Waals surface area contributed by atoms with E-state index in [1.165, 1.54) is 35.6 Å². The van der Waals surface area contributed by atoms with Crippen molar-refractivity contribution in [1.29, 1.82) is 0 Å². The molecule has 0 N–H and O–H groups in total. The Kier molecular flexibility index (Phi) is 5.03. The van der Waals surface area contributed by atoms with E-state index < -0.39 is 5.97 Å². The first-order valence-corrected chi connectivity index (χ1v) is 8.13. The van der Waals surface area contributed by atoms with Gasteiger partial charge in [-0.05, 0) is 31.2 Å². The van der Waals surface area contributed by atoms with Crippen molar-refractivity contribution >= 4 is 17.3 Å². The lowest BCUT2D eigenvalue weighted by Gasteiger charge is -2.03. The number of aryl methyl sites for hydroxylation is 2. The molecule has 130 valence electrons. The number of carbonyl (C=O) groups excluding carboxylic acids is 1. The van der Waals surface area contributed by atoms with Gasteiger partial charge >= 0.3 is 5.97 Å². The Labute approximate surface area is 146 Å². The van der Waals surface area contributed by atoms with Crippen LogP contribution >= 0.6 is 11.3 Å². The lowest BCUT2D eigenvalue weighted by molar-refractivity contribution is 0.0441. The first-order chi connectivity index (χ1) is 12.0. The van der Waals surface area contributed by atoms with E-state index in [1.54, 1.807) is 13.8 Å². The Hall–Kier alpha value is -2.81. The molecular formula is C16H14FN3O4S. The highest BCUT2D eigenvalue weighted by molar-refractivity contribution is 7.13. The molecule has 0 radical (unpaired) electrons. The number of ether oxygens (including phenoxy) is 2. The van der Waals surface area contributed by atoms with Gasteiger partial charge in [-0.2, -0.15) is 0 Å². The summed E-state index contributed by atoms with van der Waals surface area (Å²) >= 11 is 1.18. The molecule has 0 saturated carbocycles. The highest BCUT2D eigenvalue weighted by Gasteiger charge is 2.18. The van der Waals surface area contributed by atoms with E-state index >= 15 is 0 Å². The Balaban J connectivity index is 1.59. The van der Waals surface area contributed by atoms with E-state index in [0.717, 1.165) is 0 Å². The fraction of sp³-hybridized carbons (Fsp3) is 0.250.